The molecule has 0 saturated carbocycles. The first-order valence-electron chi connectivity index (χ1n) is 6.29. The topological polar surface area (TPSA) is 49.8 Å². The Morgan fingerprint density at radius 3 is 2.86 bits per heavy atom. The van der Waals surface area contributed by atoms with Crippen LogP contribution in [0.2, 0.25) is 0 Å². The molecule has 1 heterocycles. The number of amides is 1. The second kappa shape index (κ2) is 6.81. The number of carbonyl (C=O) groups excluding carboxylic acids is 1. The minimum Gasteiger partial charge on any atom is -0.504 e. The van der Waals surface area contributed by atoms with Gasteiger partial charge in [-0.2, -0.15) is 0 Å². The van der Waals surface area contributed by atoms with Crippen molar-refractivity contribution in [2.24, 2.45) is 0 Å². The minimum absolute atomic E-state index is 0.0417. The van der Waals surface area contributed by atoms with Crippen molar-refractivity contribution < 1.29 is 14.6 Å². The van der Waals surface area contributed by atoms with Crippen LogP contribution < -0.4 is 4.74 Å². The van der Waals surface area contributed by atoms with Gasteiger partial charge in [0.15, 0.2) is 11.5 Å². The van der Waals surface area contributed by atoms with Gasteiger partial charge >= 0.3 is 0 Å². The van der Waals surface area contributed by atoms with Crippen LogP contribution in [0.1, 0.15) is 18.9 Å². The van der Waals surface area contributed by atoms with Crippen LogP contribution in [0, 0.1) is 0 Å². The molecule has 21 heavy (non-hydrogen) atoms. The fourth-order valence-electron chi connectivity index (χ4n) is 1.89. The predicted octanol–water partition coefficient (Wildman–Crippen LogP) is 3.77. The first-order valence-corrected chi connectivity index (χ1v) is 8.31. The van der Waals surface area contributed by atoms with Crippen LogP contribution in [0.25, 0.3) is 6.08 Å². The third kappa shape index (κ3) is 3.41. The monoisotopic (exact) mass is 387 g/mol. The fraction of sp³-hybridized carbons (Fsp3) is 0.286. The molecule has 1 N–H and O–H groups in total. The summed E-state index contributed by atoms with van der Waals surface area (Å²) in [6, 6.07) is 3.21. The highest BCUT2D eigenvalue weighted by molar-refractivity contribution is 9.10. The molecule has 1 aromatic carbocycles. The summed E-state index contributed by atoms with van der Waals surface area (Å²) in [5, 5.41) is 9.71. The maximum absolute atomic E-state index is 12.3. The molecular formula is C14H14BrNO3S2. The SMILES string of the molecule is CCCN1C(=O)/C(=C\c2cc(OC)c(O)cc2Br)SC1=S. The molecule has 1 aliphatic heterocycles. The number of ether oxygens (including phenoxy) is 1. The zero-order valence-electron chi connectivity index (χ0n) is 11.6. The predicted molar refractivity (Wildman–Crippen MR) is 92.5 cm³/mol. The molecule has 7 heteroatoms. The number of hydrogen-bond acceptors (Lipinski definition) is 5. The number of phenols is 1. The zero-order chi connectivity index (χ0) is 15.6. The number of hydrogen-bond donors (Lipinski definition) is 1. The molecule has 2 rings (SSSR count). The molecule has 0 bridgehead atoms. The Bertz CT molecular complexity index is 631. The smallest absolute Gasteiger partial charge is 0.266 e. The summed E-state index contributed by atoms with van der Waals surface area (Å²) in [7, 11) is 1.48. The number of rotatable bonds is 4. The standard InChI is InChI=1S/C14H14BrNO3S2/c1-3-4-16-13(18)12(21-14(16)20)6-8-5-11(19-2)10(17)7-9(8)15/h5-7,17H,3-4H2,1-2H3/b12-6+. The van der Waals surface area contributed by atoms with Gasteiger partial charge in [-0.15, -0.1) is 0 Å². The van der Waals surface area contributed by atoms with Crippen LogP contribution in [0.5, 0.6) is 11.5 Å². The van der Waals surface area contributed by atoms with E-state index in [1.165, 1.54) is 24.9 Å². The lowest BCUT2D eigenvalue weighted by Crippen LogP contribution is -2.28. The van der Waals surface area contributed by atoms with Crippen LogP contribution in [-0.2, 0) is 4.79 Å². The number of aromatic hydroxyl groups is 1. The van der Waals surface area contributed by atoms with E-state index in [1.54, 1.807) is 17.0 Å². The molecule has 0 unspecified atom stereocenters. The van der Waals surface area contributed by atoms with E-state index in [0.29, 0.717) is 26.0 Å². The van der Waals surface area contributed by atoms with E-state index in [4.69, 9.17) is 17.0 Å². The first kappa shape index (κ1) is 16.3. The van der Waals surface area contributed by atoms with Crippen LogP contribution in [-0.4, -0.2) is 33.9 Å². The van der Waals surface area contributed by atoms with E-state index in [-0.39, 0.29) is 11.7 Å². The van der Waals surface area contributed by atoms with Gasteiger partial charge in [0.25, 0.3) is 5.91 Å². The number of phenolic OH excluding ortho intramolecular Hbond substituents is 1. The number of thioether (sulfide) groups is 1. The van der Waals surface area contributed by atoms with Gasteiger partial charge in [-0.25, -0.2) is 0 Å². The lowest BCUT2D eigenvalue weighted by Gasteiger charge is -2.12. The van der Waals surface area contributed by atoms with Gasteiger partial charge in [0, 0.05) is 11.0 Å². The van der Waals surface area contributed by atoms with Crippen molar-refractivity contribution in [1.29, 1.82) is 0 Å². The molecule has 112 valence electrons. The van der Waals surface area contributed by atoms with Gasteiger partial charge in [0.05, 0.1) is 12.0 Å². The summed E-state index contributed by atoms with van der Waals surface area (Å²) in [6.45, 7) is 2.63. The largest absolute Gasteiger partial charge is 0.504 e. The Hall–Kier alpha value is -1.05. The molecule has 1 amide bonds. The van der Waals surface area contributed by atoms with Gasteiger partial charge in [-0.05, 0) is 30.2 Å². The zero-order valence-corrected chi connectivity index (χ0v) is 14.8. The highest BCUT2D eigenvalue weighted by atomic mass is 79.9. The maximum Gasteiger partial charge on any atom is 0.266 e. The van der Waals surface area contributed by atoms with E-state index in [9.17, 15) is 9.90 Å². The third-order valence-electron chi connectivity index (χ3n) is 2.91. The molecule has 1 saturated heterocycles. The molecule has 1 fully saturated rings. The maximum atomic E-state index is 12.3. The lowest BCUT2D eigenvalue weighted by atomic mass is 10.2. The van der Waals surface area contributed by atoms with Gasteiger partial charge < -0.3 is 9.84 Å². The van der Waals surface area contributed by atoms with Crippen LogP contribution in [0.3, 0.4) is 0 Å². The van der Waals surface area contributed by atoms with Crippen molar-refractivity contribution in [1.82, 2.24) is 4.90 Å². The highest BCUT2D eigenvalue weighted by Gasteiger charge is 2.31. The van der Waals surface area contributed by atoms with E-state index >= 15 is 0 Å². The molecule has 0 aliphatic carbocycles. The Morgan fingerprint density at radius 2 is 2.24 bits per heavy atom. The fourth-order valence-corrected chi connectivity index (χ4v) is 3.64. The normalized spacial score (nSPS) is 16.9. The molecule has 0 spiro atoms. The number of thiocarbonyl (C=S) groups is 1. The Labute approximate surface area is 141 Å². The lowest BCUT2D eigenvalue weighted by molar-refractivity contribution is -0.122. The molecule has 0 atom stereocenters. The third-order valence-corrected chi connectivity index (χ3v) is 4.97. The van der Waals surface area contributed by atoms with Crippen molar-refractivity contribution in [3.8, 4) is 11.5 Å². The Kier molecular flexibility index (Phi) is 5.29. The van der Waals surface area contributed by atoms with Crippen LogP contribution in [0.4, 0.5) is 0 Å². The average molecular weight is 388 g/mol. The second-order valence-corrected chi connectivity index (χ2v) is 6.91. The second-order valence-electron chi connectivity index (χ2n) is 4.38. The van der Waals surface area contributed by atoms with E-state index in [2.05, 4.69) is 15.9 Å². The molecule has 4 nitrogen and oxygen atoms in total. The van der Waals surface area contributed by atoms with Crippen molar-refractivity contribution in [3.05, 3.63) is 27.1 Å². The van der Waals surface area contributed by atoms with Gasteiger partial charge in [-0.3, -0.25) is 9.69 Å². The van der Waals surface area contributed by atoms with Gasteiger partial charge in [0.2, 0.25) is 0 Å². The quantitative estimate of drug-likeness (QED) is 0.629. The van der Waals surface area contributed by atoms with Crippen molar-refractivity contribution in [3.63, 3.8) is 0 Å². The molecule has 0 aromatic heterocycles. The van der Waals surface area contributed by atoms with E-state index < -0.39 is 0 Å². The first-order chi connectivity index (χ1) is 9.97. The van der Waals surface area contributed by atoms with Crippen molar-refractivity contribution in [2.45, 2.75) is 13.3 Å². The van der Waals surface area contributed by atoms with Crippen molar-refractivity contribution in [2.75, 3.05) is 13.7 Å². The van der Waals surface area contributed by atoms with E-state index in [1.807, 2.05) is 6.92 Å². The Morgan fingerprint density at radius 1 is 1.52 bits per heavy atom. The summed E-state index contributed by atoms with van der Waals surface area (Å²) in [5.41, 5.74) is 0.752. The molecular weight excluding hydrogens is 374 g/mol. The summed E-state index contributed by atoms with van der Waals surface area (Å²) >= 11 is 9.89. The Balaban J connectivity index is 2.37. The molecule has 0 radical (unpaired) electrons. The van der Waals surface area contributed by atoms with Gasteiger partial charge in [-0.1, -0.05) is 46.8 Å². The number of benzene rings is 1. The summed E-state index contributed by atoms with van der Waals surface area (Å²) in [6.07, 6.45) is 2.61. The summed E-state index contributed by atoms with van der Waals surface area (Å²) in [5.74, 6) is 0.319. The molecule has 1 aromatic rings. The van der Waals surface area contributed by atoms with E-state index in [0.717, 1.165) is 12.0 Å². The molecule has 1 aliphatic rings. The summed E-state index contributed by atoms with van der Waals surface area (Å²) < 4.78 is 6.35. The summed E-state index contributed by atoms with van der Waals surface area (Å²) in [4.78, 5) is 14.5. The highest BCUT2D eigenvalue weighted by Crippen LogP contribution is 2.37. The number of methoxy groups -OCH3 is 1. The van der Waals surface area contributed by atoms with Crippen LogP contribution in [0.15, 0.2) is 21.5 Å². The minimum atomic E-state index is -0.0780. The van der Waals surface area contributed by atoms with Gasteiger partial charge in [0.1, 0.15) is 4.32 Å². The van der Waals surface area contributed by atoms with Crippen LogP contribution >= 0.6 is 39.9 Å². The number of carbonyl (C=O) groups is 1. The number of halogens is 1. The number of nitrogens with zero attached hydrogens (tertiary/aromatic N) is 1. The average Bonchev–Trinajstić information content (AvgIpc) is 2.70. The van der Waals surface area contributed by atoms with Crippen molar-refractivity contribution >= 4 is 56.2 Å².